The number of hydrogen-bond acceptors (Lipinski definition) is 0. The Hall–Kier alpha value is -1.89. The Morgan fingerprint density at radius 2 is 1.67 bits per heavy atom. The number of hydrogen-bond donors (Lipinski definition) is 0. The van der Waals surface area contributed by atoms with Crippen molar-refractivity contribution >= 4 is 5.57 Å². The minimum Gasteiger partial charge on any atom is -0.207 e. The zero-order valence-electron chi connectivity index (χ0n) is 20.1. The first kappa shape index (κ1) is 24.4. The van der Waals surface area contributed by atoms with Crippen LogP contribution in [-0.4, -0.2) is 0 Å². The predicted molar refractivity (Wildman–Crippen MR) is 130 cm³/mol. The summed E-state index contributed by atoms with van der Waals surface area (Å²) < 4.78 is 13.8. The van der Waals surface area contributed by atoms with Gasteiger partial charge in [-0.3, -0.25) is 0 Å². The van der Waals surface area contributed by atoms with E-state index >= 15 is 0 Å². The van der Waals surface area contributed by atoms with Crippen molar-refractivity contribution in [2.45, 2.75) is 86.5 Å². The van der Waals surface area contributed by atoms with Crippen LogP contribution in [0.3, 0.4) is 0 Å². The maximum atomic E-state index is 13.8. The van der Waals surface area contributed by atoms with Gasteiger partial charge >= 0.3 is 0 Å². The molecule has 0 amide bonds. The van der Waals surface area contributed by atoms with Crippen LogP contribution in [0.5, 0.6) is 0 Å². The number of halogens is 1. The molecule has 1 heteroatoms. The van der Waals surface area contributed by atoms with E-state index in [2.05, 4.69) is 65.5 Å². The summed E-state index contributed by atoms with van der Waals surface area (Å²) in [5, 5.41) is 0. The maximum absolute atomic E-state index is 13.8. The standard InChI is InChI=1S/C21H31F.C8H10/c1-6-15(2)20-16(3)12-19(22)13-18(20)9-7-8-17-10-11-21(4,5)14-17;1-7-3-5-8(2)6-4-7/h12-13,17H,2,6-11,14H2,1,3-5H3;3-6H,1-2H3. The lowest BCUT2D eigenvalue weighted by atomic mass is 9.88. The highest BCUT2D eigenvalue weighted by Crippen LogP contribution is 2.43. The molecule has 0 bridgehead atoms. The van der Waals surface area contributed by atoms with E-state index in [-0.39, 0.29) is 5.82 Å². The molecule has 2 aromatic rings. The molecule has 1 fully saturated rings. The lowest BCUT2D eigenvalue weighted by Gasteiger charge is -2.18. The summed E-state index contributed by atoms with van der Waals surface area (Å²) in [6, 6.07) is 11.8. The molecule has 1 aliphatic carbocycles. The summed E-state index contributed by atoms with van der Waals surface area (Å²) in [7, 11) is 0. The van der Waals surface area contributed by atoms with Crippen molar-refractivity contribution < 1.29 is 4.39 Å². The summed E-state index contributed by atoms with van der Waals surface area (Å²) >= 11 is 0. The molecule has 2 aromatic carbocycles. The van der Waals surface area contributed by atoms with Gasteiger partial charge in [0.1, 0.15) is 5.82 Å². The molecule has 0 nitrogen and oxygen atoms in total. The number of benzene rings is 2. The van der Waals surface area contributed by atoms with Gasteiger partial charge in [-0.2, -0.15) is 0 Å². The van der Waals surface area contributed by atoms with Gasteiger partial charge < -0.3 is 0 Å². The first-order valence-electron chi connectivity index (χ1n) is 11.6. The molecular formula is C29H41F. The van der Waals surface area contributed by atoms with Gasteiger partial charge in [-0.05, 0) is 105 Å². The van der Waals surface area contributed by atoms with E-state index in [4.69, 9.17) is 0 Å². The van der Waals surface area contributed by atoms with E-state index in [0.29, 0.717) is 5.41 Å². The van der Waals surface area contributed by atoms with Gasteiger partial charge in [0.2, 0.25) is 0 Å². The second kappa shape index (κ2) is 10.9. The van der Waals surface area contributed by atoms with Crippen LogP contribution in [0.4, 0.5) is 4.39 Å². The summed E-state index contributed by atoms with van der Waals surface area (Å²) in [6.07, 6.45) is 8.41. The van der Waals surface area contributed by atoms with Crippen molar-refractivity contribution in [3.05, 3.63) is 76.6 Å². The van der Waals surface area contributed by atoms with E-state index in [1.54, 1.807) is 12.1 Å². The maximum Gasteiger partial charge on any atom is 0.123 e. The summed E-state index contributed by atoms with van der Waals surface area (Å²) in [4.78, 5) is 0. The molecule has 30 heavy (non-hydrogen) atoms. The van der Waals surface area contributed by atoms with Crippen LogP contribution in [0.2, 0.25) is 0 Å². The van der Waals surface area contributed by atoms with Gasteiger partial charge in [-0.1, -0.05) is 69.2 Å². The highest BCUT2D eigenvalue weighted by Gasteiger charge is 2.30. The lowest BCUT2D eigenvalue weighted by molar-refractivity contribution is 0.351. The zero-order chi connectivity index (χ0) is 22.3. The molecule has 0 N–H and O–H groups in total. The van der Waals surface area contributed by atoms with E-state index in [1.807, 2.05) is 6.92 Å². The minimum atomic E-state index is -0.109. The van der Waals surface area contributed by atoms with Gasteiger partial charge in [-0.25, -0.2) is 4.39 Å². The monoisotopic (exact) mass is 408 g/mol. The number of allylic oxidation sites excluding steroid dienone is 1. The first-order valence-corrected chi connectivity index (χ1v) is 11.6. The van der Waals surface area contributed by atoms with Crippen molar-refractivity contribution in [3.63, 3.8) is 0 Å². The third-order valence-electron chi connectivity index (χ3n) is 6.51. The Labute approximate surface area is 184 Å². The molecular weight excluding hydrogens is 367 g/mol. The summed E-state index contributed by atoms with van der Waals surface area (Å²) in [5.74, 6) is 0.754. The Balaban J connectivity index is 0.000000335. The normalized spacial score (nSPS) is 17.4. The van der Waals surface area contributed by atoms with Crippen molar-refractivity contribution in [3.8, 4) is 0 Å². The minimum absolute atomic E-state index is 0.109. The Kier molecular flexibility index (Phi) is 8.89. The molecule has 3 rings (SSSR count). The molecule has 0 heterocycles. The van der Waals surface area contributed by atoms with E-state index in [1.165, 1.54) is 42.4 Å². The van der Waals surface area contributed by atoms with Crippen molar-refractivity contribution in [2.75, 3.05) is 0 Å². The third kappa shape index (κ3) is 7.42. The van der Waals surface area contributed by atoms with Gasteiger partial charge in [0.05, 0.1) is 0 Å². The van der Waals surface area contributed by atoms with E-state index in [0.717, 1.165) is 41.9 Å². The van der Waals surface area contributed by atoms with E-state index in [9.17, 15) is 4.39 Å². The highest BCUT2D eigenvalue weighted by atomic mass is 19.1. The summed E-state index contributed by atoms with van der Waals surface area (Å²) in [5.41, 5.74) is 7.71. The van der Waals surface area contributed by atoms with Gasteiger partial charge in [-0.15, -0.1) is 0 Å². The second-order valence-electron chi connectivity index (χ2n) is 10.0. The average molecular weight is 409 g/mol. The fraction of sp³-hybridized carbons (Fsp3) is 0.517. The molecule has 1 atom stereocenters. The second-order valence-corrected chi connectivity index (χ2v) is 10.0. The molecule has 1 aliphatic rings. The van der Waals surface area contributed by atoms with Crippen LogP contribution < -0.4 is 0 Å². The van der Waals surface area contributed by atoms with Crippen molar-refractivity contribution in [1.29, 1.82) is 0 Å². The molecule has 0 aromatic heterocycles. The largest absolute Gasteiger partial charge is 0.207 e. The molecule has 1 saturated carbocycles. The first-order chi connectivity index (χ1) is 14.1. The SMILES string of the molecule is C=C(CC)c1c(C)cc(F)cc1CCCC1CCC(C)(C)C1.Cc1ccc(C)cc1. The molecule has 0 radical (unpaired) electrons. The van der Waals surface area contributed by atoms with Gasteiger partial charge in [0.25, 0.3) is 0 Å². The van der Waals surface area contributed by atoms with Gasteiger partial charge in [0, 0.05) is 0 Å². The summed E-state index contributed by atoms with van der Waals surface area (Å²) in [6.45, 7) is 17.3. The molecule has 0 spiro atoms. The average Bonchev–Trinajstić information content (AvgIpc) is 3.02. The molecule has 0 saturated heterocycles. The topological polar surface area (TPSA) is 0 Å². The van der Waals surface area contributed by atoms with Crippen LogP contribution in [0.1, 0.15) is 87.1 Å². The van der Waals surface area contributed by atoms with E-state index < -0.39 is 0 Å². The number of rotatable bonds is 6. The smallest absolute Gasteiger partial charge is 0.123 e. The Morgan fingerprint density at radius 1 is 1.07 bits per heavy atom. The third-order valence-corrected chi connectivity index (χ3v) is 6.51. The quantitative estimate of drug-likeness (QED) is 0.447. The molecule has 0 aliphatic heterocycles. The highest BCUT2D eigenvalue weighted by molar-refractivity contribution is 5.69. The van der Waals surface area contributed by atoms with Crippen LogP contribution in [-0.2, 0) is 6.42 Å². The fourth-order valence-electron chi connectivity index (χ4n) is 4.74. The molecule has 1 unspecified atom stereocenters. The van der Waals surface area contributed by atoms with Crippen LogP contribution in [0.15, 0.2) is 43.0 Å². The fourth-order valence-corrected chi connectivity index (χ4v) is 4.74. The van der Waals surface area contributed by atoms with Crippen LogP contribution >= 0.6 is 0 Å². The van der Waals surface area contributed by atoms with Crippen molar-refractivity contribution in [1.82, 2.24) is 0 Å². The van der Waals surface area contributed by atoms with Crippen LogP contribution in [0.25, 0.3) is 5.57 Å². The lowest BCUT2D eigenvalue weighted by Crippen LogP contribution is -2.05. The molecule has 164 valence electrons. The predicted octanol–water partition coefficient (Wildman–Crippen LogP) is 9.01. The number of aryl methyl sites for hydroxylation is 4. The van der Waals surface area contributed by atoms with Crippen LogP contribution in [0, 0.1) is 37.9 Å². The Bertz CT molecular complexity index is 805. The zero-order valence-corrected chi connectivity index (χ0v) is 20.1. The van der Waals surface area contributed by atoms with Gasteiger partial charge in [0.15, 0.2) is 0 Å². The van der Waals surface area contributed by atoms with Crippen molar-refractivity contribution in [2.24, 2.45) is 11.3 Å². The Morgan fingerprint density at radius 3 is 2.17 bits per heavy atom.